The average Bonchev–Trinajstić information content (AvgIpc) is 2.50. The number of furan rings is 1. The molecule has 0 bridgehead atoms. The Morgan fingerprint density at radius 3 is 3.18 bits per heavy atom. The van der Waals surface area contributed by atoms with E-state index in [4.69, 9.17) is 4.42 Å². The summed E-state index contributed by atoms with van der Waals surface area (Å²) in [6.45, 7) is 0. The summed E-state index contributed by atoms with van der Waals surface area (Å²) in [5.41, 5.74) is 2.94. The van der Waals surface area contributed by atoms with Gasteiger partial charge in [-0.2, -0.15) is 0 Å². The van der Waals surface area contributed by atoms with Crippen LogP contribution < -0.4 is 0 Å². The number of aromatic nitrogens is 1. The summed E-state index contributed by atoms with van der Waals surface area (Å²) in [4.78, 5) is 4.14. The molecule has 2 heterocycles. The Kier molecular flexibility index (Phi) is 1.66. The fraction of sp³-hybridized carbons (Fsp3) is 0.125. The molecule has 2 rings (SSSR count). The van der Waals surface area contributed by atoms with Crippen molar-refractivity contribution in [3.05, 3.63) is 30.2 Å². The number of nitrogens with zero attached hydrogens (tertiary/aromatic N) is 1. The Balaban J connectivity index is 2.79. The zero-order chi connectivity index (χ0) is 7.68. The predicted molar refractivity (Wildman–Crippen MR) is 46.6 cm³/mol. The summed E-state index contributed by atoms with van der Waals surface area (Å²) in [6, 6.07) is 3.81. The van der Waals surface area contributed by atoms with Crippen molar-refractivity contribution in [2.45, 2.75) is 5.33 Å². The van der Waals surface area contributed by atoms with Crippen LogP contribution in [0.1, 0.15) is 5.56 Å². The molecule has 0 aliphatic heterocycles. The monoisotopic (exact) mass is 211 g/mol. The fourth-order valence-corrected chi connectivity index (χ4v) is 1.47. The lowest BCUT2D eigenvalue weighted by Crippen LogP contribution is -1.79. The molecule has 0 aliphatic carbocycles. The normalized spacial score (nSPS) is 10.6. The third-order valence-corrected chi connectivity index (χ3v) is 2.17. The minimum absolute atomic E-state index is 0.805. The number of hydrogen-bond donors (Lipinski definition) is 0. The van der Waals surface area contributed by atoms with E-state index in [0.717, 1.165) is 22.0 Å². The molecule has 2 aromatic rings. The molecule has 0 amide bonds. The van der Waals surface area contributed by atoms with Gasteiger partial charge in [-0.25, -0.2) is 0 Å². The van der Waals surface area contributed by atoms with Crippen LogP contribution >= 0.6 is 15.9 Å². The smallest absolute Gasteiger partial charge is 0.156 e. The van der Waals surface area contributed by atoms with E-state index in [2.05, 4.69) is 20.9 Å². The number of hydrogen-bond acceptors (Lipinski definition) is 2. The molecule has 56 valence electrons. The lowest BCUT2D eigenvalue weighted by atomic mass is 10.2. The molecule has 0 N–H and O–H groups in total. The zero-order valence-corrected chi connectivity index (χ0v) is 7.34. The van der Waals surface area contributed by atoms with Crippen molar-refractivity contribution in [2.24, 2.45) is 0 Å². The average molecular weight is 212 g/mol. The van der Waals surface area contributed by atoms with Gasteiger partial charge in [0.2, 0.25) is 0 Å². The molecule has 0 fully saturated rings. The van der Waals surface area contributed by atoms with Crippen molar-refractivity contribution >= 4 is 27.0 Å². The Labute approximate surface area is 72.4 Å². The molecule has 0 saturated carbocycles. The summed E-state index contributed by atoms with van der Waals surface area (Å²) in [5.74, 6) is 0. The molecule has 3 heteroatoms. The summed E-state index contributed by atoms with van der Waals surface area (Å²) in [5, 5.41) is 0.805. The van der Waals surface area contributed by atoms with Gasteiger partial charge < -0.3 is 4.42 Å². The second-order valence-electron chi connectivity index (χ2n) is 2.24. The van der Waals surface area contributed by atoms with E-state index in [-0.39, 0.29) is 0 Å². The van der Waals surface area contributed by atoms with E-state index in [1.807, 2.05) is 12.1 Å². The van der Waals surface area contributed by atoms with Crippen LogP contribution in [0, 0.1) is 0 Å². The number of alkyl halides is 1. The highest BCUT2D eigenvalue weighted by Crippen LogP contribution is 2.19. The molecule has 0 saturated heterocycles. The van der Waals surface area contributed by atoms with E-state index < -0.39 is 0 Å². The SMILES string of the molecule is BrCc1ccnc2ccoc12. The molecule has 2 nitrogen and oxygen atoms in total. The van der Waals surface area contributed by atoms with E-state index in [1.54, 1.807) is 12.5 Å². The van der Waals surface area contributed by atoms with Gasteiger partial charge in [-0.15, -0.1) is 0 Å². The highest BCUT2D eigenvalue weighted by atomic mass is 79.9. The van der Waals surface area contributed by atoms with Crippen molar-refractivity contribution in [3.63, 3.8) is 0 Å². The Morgan fingerprint density at radius 1 is 1.45 bits per heavy atom. The molecule has 0 unspecified atom stereocenters. The number of halogens is 1. The molecule has 0 radical (unpaired) electrons. The topological polar surface area (TPSA) is 26.0 Å². The molecule has 0 aliphatic rings. The number of fused-ring (bicyclic) bond motifs is 1. The van der Waals surface area contributed by atoms with Gasteiger partial charge in [-0.05, 0) is 6.07 Å². The lowest BCUT2D eigenvalue weighted by Gasteiger charge is -1.93. The van der Waals surface area contributed by atoms with E-state index in [0.29, 0.717) is 0 Å². The minimum atomic E-state index is 0.805. The van der Waals surface area contributed by atoms with Gasteiger partial charge in [0.15, 0.2) is 5.58 Å². The second kappa shape index (κ2) is 2.66. The largest absolute Gasteiger partial charge is 0.462 e. The Bertz CT molecular complexity index is 369. The number of rotatable bonds is 1. The quantitative estimate of drug-likeness (QED) is 0.679. The van der Waals surface area contributed by atoms with Crippen LogP contribution in [0.5, 0.6) is 0 Å². The van der Waals surface area contributed by atoms with Gasteiger partial charge in [-0.1, -0.05) is 15.9 Å². The molecular weight excluding hydrogens is 206 g/mol. The maximum Gasteiger partial charge on any atom is 0.156 e. The molecule has 2 aromatic heterocycles. The van der Waals surface area contributed by atoms with Crippen LogP contribution in [0.15, 0.2) is 29.0 Å². The van der Waals surface area contributed by atoms with Crippen LogP contribution in [0.3, 0.4) is 0 Å². The van der Waals surface area contributed by atoms with Gasteiger partial charge >= 0.3 is 0 Å². The predicted octanol–water partition coefficient (Wildman–Crippen LogP) is 2.72. The van der Waals surface area contributed by atoms with Crippen molar-refractivity contribution in [2.75, 3.05) is 0 Å². The van der Waals surface area contributed by atoms with Crippen LogP contribution in [0.25, 0.3) is 11.1 Å². The first kappa shape index (κ1) is 6.85. The Hall–Kier alpha value is -0.830. The molecule has 0 spiro atoms. The maximum atomic E-state index is 5.25. The van der Waals surface area contributed by atoms with Gasteiger partial charge in [0.1, 0.15) is 5.52 Å². The van der Waals surface area contributed by atoms with Gasteiger partial charge in [0, 0.05) is 23.2 Å². The first-order valence-corrected chi connectivity index (χ1v) is 4.41. The third-order valence-electron chi connectivity index (χ3n) is 1.57. The summed E-state index contributed by atoms with van der Waals surface area (Å²) < 4.78 is 5.25. The molecular formula is C8H6BrNO. The highest BCUT2D eigenvalue weighted by molar-refractivity contribution is 9.08. The zero-order valence-electron chi connectivity index (χ0n) is 5.75. The van der Waals surface area contributed by atoms with Gasteiger partial charge in [0.05, 0.1) is 6.26 Å². The second-order valence-corrected chi connectivity index (χ2v) is 2.80. The number of pyridine rings is 1. The molecule has 11 heavy (non-hydrogen) atoms. The summed E-state index contributed by atoms with van der Waals surface area (Å²) in [6.07, 6.45) is 3.44. The lowest BCUT2D eigenvalue weighted by molar-refractivity contribution is 0.612. The van der Waals surface area contributed by atoms with Crippen LogP contribution in [-0.2, 0) is 5.33 Å². The van der Waals surface area contributed by atoms with Crippen LogP contribution in [0.4, 0.5) is 0 Å². The van der Waals surface area contributed by atoms with Crippen molar-refractivity contribution < 1.29 is 4.42 Å². The third kappa shape index (κ3) is 1.05. The maximum absolute atomic E-state index is 5.25. The van der Waals surface area contributed by atoms with Crippen molar-refractivity contribution in [3.8, 4) is 0 Å². The van der Waals surface area contributed by atoms with Gasteiger partial charge in [-0.3, -0.25) is 4.98 Å². The van der Waals surface area contributed by atoms with E-state index in [9.17, 15) is 0 Å². The fourth-order valence-electron chi connectivity index (χ4n) is 1.03. The van der Waals surface area contributed by atoms with Crippen molar-refractivity contribution in [1.82, 2.24) is 4.98 Å². The van der Waals surface area contributed by atoms with Crippen LogP contribution in [-0.4, -0.2) is 4.98 Å². The highest BCUT2D eigenvalue weighted by Gasteiger charge is 2.01. The first-order chi connectivity index (χ1) is 5.42. The summed E-state index contributed by atoms with van der Waals surface area (Å²) in [7, 11) is 0. The molecule has 0 atom stereocenters. The van der Waals surface area contributed by atoms with Crippen LogP contribution in [0.2, 0.25) is 0 Å². The molecule has 0 aromatic carbocycles. The Morgan fingerprint density at radius 2 is 2.36 bits per heavy atom. The van der Waals surface area contributed by atoms with E-state index >= 15 is 0 Å². The van der Waals surface area contributed by atoms with E-state index in [1.165, 1.54) is 0 Å². The summed E-state index contributed by atoms with van der Waals surface area (Å²) >= 11 is 3.38. The van der Waals surface area contributed by atoms with Crippen molar-refractivity contribution in [1.29, 1.82) is 0 Å². The first-order valence-electron chi connectivity index (χ1n) is 3.29. The minimum Gasteiger partial charge on any atom is -0.462 e. The van der Waals surface area contributed by atoms with Gasteiger partial charge in [0.25, 0.3) is 0 Å². The standard InChI is InChI=1S/C8H6BrNO/c9-5-6-1-3-10-7-2-4-11-8(6)7/h1-4H,5H2.